The van der Waals surface area contributed by atoms with Gasteiger partial charge < -0.3 is 15.7 Å². The van der Waals surface area contributed by atoms with Gasteiger partial charge in [-0.25, -0.2) is 0 Å². The van der Waals surface area contributed by atoms with E-state index in [4.69, 9.17) is 5.21 Å². The van der Waals surface area contributed by atoms with E-state index in [1.165, 1.54) is 7.05 Å². The highest BCUT2D eigenvalue weighted by atomic mass is 16.5. The number of nitrogens with one attached hydrogen (secondary N) is 1. The molecule has 12 heavy (non-hydrogen) atoms. The van der Waals surface area contributed by atoms with E-state index in [-0.39, 0.29) is 6.04 Å². The van der Waals surface area contributed by atoms with Gasteiger partial charge in [-0.1, -0.05) is 26.2 Å². The van der Waals surface area contributed by atoms with Crippen LogP contribution in [-0.2, 0) is 4.79 Å². The fourth-order valence-corrected chi connectivity index (χ4v) is 0.777. The number of rotatable bonds is 6. The molecule has 0 saturated heterocycles. The van der Waals surface area contributed by atoms with E-state index >= 15 is 0 Å². The van der Waals surface area contributed by atoms with Gasteiger partial charge in [-0.15, -0.1) is 0 Å². The Kier molecular flexibility index (Phi) is 15.5. The molecule has 74 valence electrons. The molecule has 1 atom stereocenters. The molecule has 4 heteroatoms. The first-order valence-electron chi connectivity index (χ1n) is 4.27. The van der Waals surface area contributed by atoms with Gasteiger partial charge in [0.05, 0.1) is 6.04 Å². The van der Waals surface area contributed by atoms with Crippen LogP contribution < -0.4 is 11.2 Å². The second-order valence-electron chi connectivity index (χ2n) is 2.37. The van der Waals surface area contributed by atoms with Crippen molar-refractivity contribution in [1.82, 2.24) is 5.48 Å². The second kappa shape index (κ2) is 13.2. The molecule has 0 amide bonds. The third-order valence-electron chi connectivity index (χ3n) is 1.45. The monoisotopic (exact) mass is 176 g/mol. The Balaban J connectivity index is 0. The number of carbonyl (C=O) groups is 1. The predicted molar refractivity (Wildman–Crippen MR) is 49.0 cm³/mol. The molecule has 0 aliphatic heterocycles. The van der Waals surface area contributed by atoms with Crippen molar-refractivity contribution in [3.05, 3.63) is 0 Å². The summed E-state index contributed by atoms with van der Waals surface area (Å²) in [5, 5.41) is 8.34. The number of hydrogen-bond acceptors (Lipinski definition) is 4. The Hall–Kier alpha value is -0.450. The fraction of sp³-hybridized carbons (Fsp3) is 0.875. The quantitative estimate of drug-likeness (QED) is 0.316. The lowest BCUT2D eigenvalue weighted by molar-refractivity contribution is -0.112. The number of hydrogen-bond donors (Lipinski definition) is 3. The van der Waals surface area contributed by atoms with Gasteiger partial charge in [0.2, 0.25) is 0 Å². The van der Waals surface area contributed by atoms with Gasteiger partial charge in [-0.2, -0.15) is 5.48 Å². The van der Waals surface area contributed by atoms with Crippen molar-refractivity contribution in [2.45, 2.75) is 38.6 Å². The van der Waals surface area contributed by atoms with E-state index in [1.807, 2.05) is 5.48 Å². The highest BCUT2D eigenvalue weighted by Gasteiger charge is 2.02. The van der Waals surface area contributed by atoms with Crippen molar-refractivity contribution in [3.63, 3.8) is 0 Å². The van der Waals surface area contributed by atoms with Gasteiger partial charge in [-0.05, 0) is 13.5 Å². The molecule has 4 nitrogen and oxygen atoms in total. The maximum atomic E-state index is 10.1. The number of carbonyl (C=O) groups excluding carboxylic acids is 1. The first-order valence-corrected chi connectivity index (χ1v) is 4.27. The SMILES string of the molecule is CCCCC[C@@H](C=O)NO.CN. The zero-order chi connectivity index (χ0) is 9.82. The van der Waals surface area contributed by atoms with Gasteiger partial charge in [0.25, 0.3) is 0 Å². The molecule has 0 aromatic rings. The summed E-state index contributed by atoms with van der Waals surface area (Å²) in [6.07, 6.45) is 4.71. The fourth-order valence-electron chi connectivity index (χ4n) is 0.777. The zero-order valence-corrected chi connectivity index (χ0v) is 7.92. The first kappa shape index (κ1) is 14.1. The molecule has 0 heterocycles. The maximum absolute atomic E-state index is 10.1. The number of unbranched alkanes of at least 4 members (excludes halogenated alkanes) is 2. The number of nitrogens with two attached hydrogens (primary N) is 1. The van der Waals surface area contributed by atoms with Crippen molar-refractivity contribution in [1.29, 1.82) is 0 Å². The van der Waals surface area contributed by atoms with Crippen LogP contribution in [0.2, 0.25) is 0 Å². The van der Waals surface area contributed by atoms with E-state index in [2.05, 4.69) is 12.7 Å². The minimum Gasteiger partial charge on any atom is -0.333 e. The second-order valence-corrected chi connectivity index (χ2v) is 2.37. The Morgan fingerprint density at radius 1 is 1.50 bits per heavy atom. The maximum Gasteiger partial charge on any atom is 0.139 e. The van der Waals surface area contributed by atoms with Gasteiger partial charge in [0, 0.05) is 0 Å². The van der Waals surface area contributed by atoms with Crippen LogP contribution in [0.1, 0.15) is 32.6 Å². The van der Waals surface area contributed by atoms with E-state index in [0.29, 0.717) is 0 Å². The largest absolute Gasteiger partial charge is 0.333 e. The summed E-state index contributed by atoms with van der Waals surface area (Å²) in [6, 6.07) is -0.369. The van der Waals surface area contributed by atoms with Crippen LogP contribution in [0, 0.1) is 0 Å². The zero-order valence-electron chi connectivity index (χ0n) is 7.92. The van der Waals surface area contributed by atoms with E-state index in [0.717, 1.165) is 32.0 Å². The lowest BCUT2D eigenvalue weighted by Gasteiger charge is -2.05. The molecule has 0 unspecified atom stereocenters. The molecule has 0 rings (SSSR count). The molecule has 0 aliphatic rings. The Labute approximate surface area is 74.1 Å². The molecule has 0 aromatic heterocycles. The van der Waals surface area contributed by atoms with Crippen LogP contribution in [0.15, 0.2) is 0 Å². The third-order valence-corrected chi connectivity index (χ3v) is 1.45. The highest BCUT2D eigenvalue weighted by Crippen LogP contribution is 2.00. The summed E-state index contributed by atoms with van der Waals surface area (Å²) >= 11 is 0. The molecule has 0 spiro atoms. The standard InChI is InChI=1S/C7H15NO2.CH5N/c1-2-3-4-5-7(6-9)8-10;1-2/h6-8,10H,2-5H2,1H3;2H2,1H3/t7-;/m0./s1. The van der Waals surface area contributed by atoms with Crippen LogP contribution in [0.4, 0.5) is 0 Å². The predicted octanol–water partition coefficient (Wildman–Crippen LogP) is 0.688. The van der Waals surface area contributed by atoms with Crippen LogP contribution in [-0.4, -0.2) is 24.6 Å². The average molecular weight is 176 g/mol. The third kappa shape index (κ3) is 9.55. The molecule has 0 aliphatic carbocycles. The Morgan fingerprint density at radius 3 is 2.42 bits per heavy atom. The van der Waals surface area contributed by atoms with Crippen LogP contribution in [0.3, 0.4) is 0 Å². The van der Waals surface area contributed by atoms with Gasteiger partial charge in [-0.3, -0.25) is 0 Å². The van der Waals surface area contributed by atoms with Crippen LogP contribution >= 0.6 is 0 Å². The molecule has 0 saturated carbocycles. The Bertz CT molecular complexity index is 89.1. The molecule has 0 bridgehead atoms. The normalized spacial score (nSPS) is 11.3. The highest BCUT2D eigenvalue weighted by molar-refractivity contribution is 5.56. The van der Waals surface area contributed by atoms with E-state index < -0.39 is 0 Å². The summed E-state index contributed by atoms with van der Waals surface area (Å²) < 4.78 is 0. The first-order chi connectivity index (χ1) is 5.85. The summed E-state index contributed by atoms with van der Waals surface area (Å²) in [6.45, 7) is 2.10. The lowest BCUT2D eigenvalue weighted by Crippen LogP contribution is -2.26. The van der Waals surface area contributed by atoms with Gasteiger partial charge in [0.15, 0.2) is 0 Å². The van der Waals surface area contributed by atoms with Crippen LogP contribution in [0.5, 0.6) is 0 Å². The topological polar surface area (TPSA) is 75.3 Å². The lowest BCUT2D eigenvalue weighted by atomic mass is 10.1. The molecular weight excluding hydrogens is 156 g/mol. The van der Waals surface area contributed by atoms with E-state index in [1.54, 1.807) is 0 Å². The number of aldehydes is 1. The van der Waals surface area contributed by atoms with Gasteiger partial charge >= 0.3 is 0 Å². The van der Waals surface area contributed by atoms with Crippen molar-refractivity contribution < 1.29 is 10.0 Å². The van der Waals surface area contributed by atoms with Crippen molar-refractivity contribution in [2.75, 3.05) is 7.05 Å². The number of hydroxylamine groups is 1. The minimum absolute atomic E-state index is 0.369. The minimum atomic E-state index is -0.369. The smallest absolute Gasteiger partial charge is 0.139 e. The molecule has 0 aromatic carbocycles. The van der Waals surface area contributed by atoms with Gasteiger partial charge in [0.1, 0.15) is 6.29 Å². The summed E-state index contributed by atoms with van der Waals surface area (Å²) in [5.41, 5.74) is 6.44. The molecular formula is C8H20N2O2. The Morgan fingerprint density at radius 2 is 2.08 bits per heavy atom. The summed E-state index contributed by atoms with van der Waals surface area (Å²) in [5.74, 6) is 0. The summed E-state index contributed by atoms with van der Waals surface area (Å²) in [7, 11) is 1.50. The van der Waals surface area contributed by atoms with Crippen molar-refractivity contribution in [3.8, 4) is 0 Å². The molecule has 0 radical (unpaired) electrons. The average Bonchev–Trinajstić information content (AvgIpc) is 2.16. The van der Waals surface area contributed by atoms with Crippen molar-refractivity contribution in [2.24, 2.45) is 5.73 Å². The van der Waals surface area contributed by atoms with E-state index in [9.17, 15) is 4.79 Å². The molecule has 0 fully saturated rings. The van der Waals surface area contributed by atoms with Crippen LogP contribution in [0.25, 0.3) is 0 Å². The molecule has 4 N–H and O–H groups in total. The summed E-state index contributed by atoms with van der Waals surface area (Å²) in [4.78, 5) is 10.1. The van der Waals surface area contributed by atoms with Crippen molar-refractivity contribution >= 4 is 6.29 Å².